The first-order chi connectivity index (χ1) is 12.0. The van der Waals surface area contributed by atoms with E-state index in [0.717, 1.165) is 0 Å². The molecule has 0 N–H and O–H groups in total. The summed E-state index contributed by atoms with van der Waals surface area (Å²) < 4.78 is 16.5. The fraction of sp³-hybridized carbons (Fsp3) is 0.111. The van der Waals surface area contributed by atoms with Gasteiger partial charge in [-0.25, -0.2) is 9.79 Å². The minimum atomic E-state index is -0.527. The first-order valence-corrected chi connectivity index (χ1v) is 8.39. The van der Waals surface area contributed by atoms with Gasteiger partial charge in [0.25, 0.3) is 0 Å². The van der Waals surface area contributed by atoms with Gasteiger partial charge in [0.05, 0.1) is 18.7 Å². The monoisotopic (exact) mass is 421 g/mol. The van der Waals surface area contributed by atoms with Crippen LogP contribution >= 0.6 is 27.5 Å². The molecule has 0 unspecified atom stereocenters. The van der Waals surface area contributed by atoms with Gasteiger partial charge in [0.15, 0.2) is 17.2 Å². The van der Waals surface area contributed by atoms with Crippen molar-refractivity contribution in [1.29, 1.82) is 0 Å². The summed E-state index contributed by atoms with van der Waals surface area (Å²) in [7, 11) is 3.09. The number of benzene rings is 2. The van der Waals surface area contributed by atoms with Crippen molar-refractivity contribution in [3.63, 3.8) is 0 Å². The van der Waals surface area contributed by atoms with E-state index in [0.29, 0.717) is 32.1 Å². The molecule has 3 rings (SSSR count). The number of hydrogen-bond donors (Lipinski definition) is 0. The molecule has 0 radical (unpaired) electrons. The number of nitrogens with zero attached hydrogens (tertiary/aromatic N) is 1. The molecule has 25 heavy (non-hydrogen) atoms. The maximum absolute atomic E-state index is 12.1. The topological polar surface area (TPSA) is 57.1 Å². The van der Waals surface area contributed by atoms with Crippen LogP contribution in [0.1, 0.15) is 11.1 Å². The highest BCUT2D eigenvalue weighted by Gasteiger charge is 2.24. The summed E-state index contributed by atoms with van der Waals surface area (Å²) in [6, 6.07) is 10.5. The van der Waals surface area contributed by atoms with Crippen molar-refractivity contribution < 1.29 is 19.0 Å². The minimum absolute atomic E-state index is 0.189. The van der Waals surface area contributed by atoms with E-state index in [1.54, 1.807) is 56.7 Å². The van der Waals surface area contributed by atoms with E-state index in [-0.39, 0.29) is 11.6 Å². The summed E-state index contributed by atoms with van der Waals surface area (Å²) in [5.41, 5.74) is 1.54. The lowest BCUT2D eigenvalue weighted by atomic mass is 10.1. The average Bonchev–Trinajstić information content (AvgIpc) is 2.95. The smallest absolute Gasteiger partial charge is 0.363 e. The summed E-state index contributed by atoms with van der Waals surface area (Å²) in [6.45, 7) is 0. The molecule has 5 nitrogen and oxygen atoms in total. The van der Waals surface area contributed by atoms with Crippen LogP contribution in [0, 0.1) is 0 Å². The fourth-order valence-electron chi connectivity index (χ4n) is 2.33. The molecule has 128 valence electrons. The quantitative estimate of drug-likeness (QED) is 0.539. The largest absolute Gasteiger partial charge is 0.493 e. The first-order valence-electron chi connectivity index (χ1n) is 7.22. The molecule has 0 spiro atoms. The molecule has 1 aliphatic heterocycles. The van der Waals surface area contributed by atoms with Gasteiger partial charge < -0.3 is 14.2 Å². The third-order valence-corrected chi connectivity index (χ3v) is 4.28. The molecule has 0 saturated carbocycles. The highest BCUT2D eigenvalue weighted by atomic mass is 79.9. The Hall–Kier alpha value is -2.31. The number of hydrogen-bond acceptors (Lipinski definition) is 5. The molecule has 0 aromatic heterocycles. The third kappa shape index (κ3) is 3.70. The molecule has 2 aromatic rings. The second-order valence-electron chi connectivity index (χ2n) is 5.08. The van der Waals surface area contributed by atoms with Gasteiger partial charge in [0.1, 0.15) is 0 Å². The Morgan fingerprint density at radius 1 is 1.20 bits per heavy atom. The number of carbonyl (C=O) groups is 1. The van der Waals surface area contributed by atoms with Gasteiger partial charge in [-0.05, 0) is 57.9 Å². The summed E-state index contributed by atoms with van der Waals surface area (Å²) in [5, 5.41) is 0.539. The molecule has 0 amide bonds. The van der Waals surface area contributed by atoms with Crippen LogP contribution < -0.4 is 9.47 Å². The van der Waals surface area contributed by atoms with Crippen LogP contribution in [0.15, 0.2) is 51.6 Å². The lowest BCUT2D eigenvalue weighted by Gasteiger charge is -2.10. The summed E-state index contributed by atoms with van der Waals surface area (Å²) in [5.74, 6) is 0.801. The number of esters is 1. The molecule has 7 heteroatoms. The van der Waals surface area contributed by atoms with Crippen LogP contribution in [0.25, 0.3) is 6.08 Å². The van der Waals surface area contributed by atoms with Gasteiger partial charge in [0.2, 0.25) is 5.90 Å². The van der Waals surface area contributed by atoms with Crippen molar-refractivity contribution in [3.8, 4) is 11.5 Å². The molecule has 0 saturated heterocycles. The number of halogens is 2. The van der Waals surface area contributed by atoms with Crippen molar-refractivity contribution in [1.82, 2.24) is 0 Å². The third-order valence-electron chi connectivity index (χ3n) is 3.45. The lowest BCUT2D eigenvalue weighted by Crippen LogP contribution is -2.05. The van der Waals surface area contributed by atoms with Crippen LogP contribution in [0.3, 0.4) is 0 Å². The summed E-state index contributed by atoms with van der Waals surface area (Å²) in [4.78, 5) is 16.4. The number of aliphatic imine (C=N–C) groups is 1. The number of cyclic esters (lactones) is 1. The van der Waals surface area contributed by atoms with Crippen molar-refractivity contribution in [3.05, 3.63) is 62.7 Å². The van der Waals surface area contributed by atoms with Crippen LogP contribution in [0.4, 0.5) is 0 Å². The van der Waals surface area contributed by atoms with Gasteiger partial charge in [-0.2, -0.15) is 0 Å². The molecule has 0 aliphatic carbocycles. The minimum Gasteiger partial charge on any atom is -0.493 e. The van der Waals surface area contributed by atoms with E-state index < -0.39 is 5.97 Å². The fourth-order valence-corrected chi connectivity index (χ4v) is 3.15. The maximum Gasteiger partial charge on any atom is 0.363 e. The van der Waals surface area contributed by atoms with Crippen molar-refractivity contribution >= 4 is 45.5 Å². The predicted octanol–water partition coefficient (Wildman–Crippen LogP) is 4.46. The molecule has 0 fully saturated rings. The van der Waals surface area contributed by atoms with E-state index in [1.165, 1.54) is 0 Å². The van der Waals surface area contributed by atoms with Crippen LogP contribution in [-0.4, -0.2) is 26.1 Å². The molecular formula is C18H13BrClNO4. The molecule has 0 bridgehead atoms. The van der Waals surface area contributed by atoms with Crippen LogP contribution in [0.5, 0.6) is 11.5 Å². The van der Waals surface area contributed by atoms with Crippen molar-refractivity contribution in [2.45, 2.75) is 0 Å². The summed E-state index contributed by atoms with van der Waals surface area (Å²) >= 11 is 9.38. The molecule has 1 aliphatic rings. The Morgan fingerprint density at radius 3 is 2.68 bits per heavy atom. The highest BCUT2D eigenvalue weighted by molar-refractivity contribution is 9.10. The van der Waals surface area contributed by atoms with E-state index in [4.69, 9.17) is 25.8 Å². The maximum atomic E-state index is 12.1. The second-order valence-corrected chi connectivity index (χ2v) is 6.38. The predicted molar refractivity (Wildman–Crippen MR) is 99.3 cm³/mol. The lowest BCUT2D eigenvalue weighted by molar-refractivity contribution is -0.129. The molecule has 0 atom stereocenters. The Balaban J connectivity index is 1.98. The van der Waals surface area contributed by atoms with Crippen LogP contribution in [0.2, 0.25) is 5.02 Å². The first kappa shape index (κ1) is 17.5. The van der Waals surface area contributed by atoms with Gasteiger partial charge >= 0.3 is 5.97 Å². The zero-order valence-electron chi connectivity index (χ0n) is 13.4. The number of carbonyl (C=O) groups excluding carboxylic acids is 1. The normalized spacial score (nSPS) is 15.1. The van der Waals surface area contributed by atoms with Crippen molar-refractivity contribution in [2.24, 2.45) is 4.99 Å². The number of rotatable bonds is 4. The van der Waals surface area contributed by atoms with Gasteiger partial charge in [-0.1, -0.05) is 17.7 Å². The Morgan fingerprint density at radius 2 is 2.00 bits per heavy atom. The van der Waals surface area contributed by atoms with E-state index in [9.17, 15) is 4.79 Å². The number of ether oxygens (including phenoxy) is 3. The Bertz CT molecular complexity index is 908. The van der Waals surface area contributed by atoms with Gasteiger partial charge in [-0.3, -0.25) is 0 Å². The van der Waals surface area contributed by atoms with Gasteiger partial charge in [0, 0.05) is 10.6 Å². The molecular weight excluding hydrogens is 410 g/mol. The van der Waals surface area contributed by atoms with Gasteiger partial charge in [-0.15, -0.1) is 0 Å². The summed E-state index contributed by atoms with van der Waals surface area (Å²) in [6.07, 6.45) is 1.62. The van der Waals surface area contributed by atoms with Crippen LogP contribution in [-0.2, 0) is 9.53 Å². The van der Waals surface area contributed by atoms with E-state index in [1.807, 2.05) is 0 Å². The Labute approximate surface area is 158 Å². The average molecular weight is 423 g/mol. The zero-order chi connectivity index (χ0) is 18.0. The zero-order valence-corrected chi connectivity index (χ0v) is 15.7. The van der Waals surface area contributed by atoms with Crippen molar-refractivity contribution in [2.75, 3.05) is 14.2 Å². The molecule has 2 aromatic carbocycles. The molecule has 1 heterocycles. The van der Waals surface area contributed by atoms with E-state index >= 15 is 0 Å². The standard InChI is InChI=1S/C18H13BrClNO4/c1-23-15-8-10(6-13(19)16(15)24-2)7-14-18(22)25-17(21-14)11-4-3-5-12(20)9-11/h3-9H,1-2H3. The Kier molecular flexibility index (Phi) is 5.11. The highest BCUT2D eigenvalue weighted by Crippen LogP contribution is 2.37. The number of methoxy groups -OCH3 is 2. The second kappa shape index (κ2) is 7.29. The van der Waals surface area contributed by atoms with E-state index in [2.05, 4.69) is 20.9 Å². The SMILES string of the molecule is COc1cc(C=C2N=C(c3cccc(Cl)c3)OC2=O)cc(Br)c1OC.